The van der Waals surface area contributed by atoms with Crippen LogP contribution in [0, 0.1) is 10.5 Å². The van der Waals surface area contributed by atoms with Crippen LogP contribution in [-0.2, 0) is 11.3 Å². The van der Waals surface area contributed by atoms with Crippen LogP contribution in [0.2, 0.25) is 0 Å². The molecule has 0 bridgehead atoms. The fourth-order valence-corrected chi connectivity index (χ4v) is 1.53. The molecule has 1 unspecified atom stereocenters. The number of aryl methyl sites for hydroxylation is 1. The van der Waals surface area contributed by atoms with Gasteiger partial charge in [-0.3, -0.25) is 9.36 Å². The minimum Gasteiger partial charge on any atom is -0.380 e. The van der Waals surface area contributed by atoms with Crippen molar-refractivity contribution >= 4 is 22.6 Å². The Morgan fingerprint density at radius 2 is 2.36 bits per heavy atom. The smallest absolute Gasteiger partial charge is 0.267 e. The molecule has 1 heterocycles. The van der Waals surface area contributed by atoms with E-state index in [1.165, 1.54) is 0 Å². The fraction of sp³-hybridized carbons (Fsp3) is 0.556. The van der Waals surface area contributed by atoms with Gasteiger partial charge in [0.25, 0.3) is 5.56 Å². The monoisotopic (exact) mass is 308 g/mol. The standard InChI is InChI=1S/C9H13IN2O2/c1-6(14-3)5-12-7(2)11-4-8(10)9(12)13/h4,6H,5H2,1-3H3. The van der Waals surface area contributed by atoms with Gasteiger partial charge in [0, 0.05) is 13.3 Å². The van der Waals surface area contributed by atoms with Gasteiger partial charge < -0.3 is 4.74 Å². The molecule has 0 aliphatic carbocycles. The number of hydrogen-bond acceptors (Lipinski definition) is 3. The SMILES string of the molecule is COC(C)Cn1c(C)ncc(I)c1=O. The van der Waals surface area contributed by atoms with Crippen LogP contribution in [0.15, 0.2) is 11.0 Å². The van der Waals surface area contributed by atoms with Gasteiger partial charge in [-0.2, -0.15) is 0 Å². The summed E-state index contributed by atoms with van der Waals surface area (Å²) in [6, 6.07) is 0. The van der Waals surface area contributed by atoms with Gasteiger partial charge in [-0.05, 0) is 36.4 Å². The first-order valence-corrected chi connectivity index (χ1v) is 5.39. The summed E-state index contributed by atoms with van der Waals surface area (Å²) in [5.74, 6) is 0.722. The first-order valence-electron chi connectivity index (χ1n) is 4.31. The molecule has 1 rings (SSSR count). The summed E-state index contributed by atoms with van der Waals surface area (Å²) in [4.78, 5) is 15.8. The molecule has 0 aliphatic rings. The van der Waals surface area contributed by atoms with Gasteiger partial charge in [0.1, 0.15) is 5.82 Å². The zero-order valence-electron chi connectivity index (χ0n) is 8.45. The van der Waals surface area contributed by atoms with E-state index in [2.05, 4.69) is 4.98 Å². The Morgan fingerprint density at radius 3 is 2.93 bits per heavy atom. The lowest BCUT2D eigenvalue weighted by Gasteiger charge is -2.13. The van der Waals surface area contributed by atoms with Crippen LogP contribution >= 0.6 is 22.6 Å². The third-order valence-corrected chi connectivity index (χ3v) is 2.79. The molecule has 0 amide bonds. The van der Waals surface area contributed by atoms with Crippen molar-refractivity contribution < 1.29 is 4.74 Å². The van der Waals surface area contributed by atoms with Crippen LogP contribution < -0.4 is 5.56 Å². The molecule has 78 valence electrons. The van der Waals surface area contributed by atoms with Crippen LogP contribution in [0.25, 0.3) is 0 Å². The summed E-state index contributed by atoms with van der Waals surface area (Å²) >= 11 is 1.99. The normalized spacial score (nSPS) is 12.9. The lowest BCUT2D eigenvalue weighted by molar-refractivity contribution is 0.101. The number of aromatic nitrogens is 2. The molecule has 0 N–H and O–H groups in total. The highest BCUT2D eigenvalue weighted by Gasteiger charge is 2.08. The Bertz CT molecular complexity index is 376. The predicted octanol–water partition coefficient (Wildman–Crippen LogP) is 1.19. The van der Waals surface area contributed by atoms with Crippen molar-refractivity contribution in [3.63, 3.8) is 0 Å². The molecule has 1 aromatic heterocycles. The summed E-state index contributed by atoms with van der Waals surface area (Å²) in [6.45, 7) is 4.29. The van der Waals surface area contributed by atoms with Crippen molar-refractivity contribution in [3.8, 4) is 0 Å². The van der Waals surface area contributed by atoms with Crippen molar-refractivity contribution in [2.24, 2.45) is 0 Å². The number of rotatable bonds is 3. The molecular weight excluding hydrogens is 295 g/mol. The zero-order valence-corrected chi connectivity index (χ0v) is 10.6. The van der Waals surface area contributed by atoms with Crippen molar-refractivity contribution in [1.82, 2.24) is 9.55 Å². The largest absolute Gasteiger partial charge is 0.380 e. The molecule has 0 radical (unpaired) electrons. The topological polar surface area (TPSA) is 44.1 Å². The highest BCUT2D eigenvalue weighted by atomic mass is 127. The van der Waals surface area contributed by atoms with Gasteiger partial charge in [0.2, 0.25) is 0 Å². The minimum atomic E-state index is 0.00185. The van der Waals surface area contributed by atoms with Crippen LogP contribution in [0.5, 0.6) is 0 Å². The summed E-state index contributed by atoms with van der Waals surface area (Å²) in [7, 11) is 1.63. The Morgan fingerprint density at radius 1 is 1.71 bits per heavy atom. The summed E-state index contributed by atoms with van der Waals surface area (Å²) in [5, 5.41) is 0. The second kappa shape index (κ2) is 4.88. The highest BCUT2D eigenvalue weighted by Crippen LogP contribution is 2.00. The second-order valence-corrected chi connectivity index (χ2v) is 4.28. The molecule has 0 saturated carbocycles. The molecule has 0 saturated heterocycles. The quantitative estimate of drug-likeness (QED) is 0.788. The van der Waals surface area contributed by atoms with Gasteiger partial charge in [0.05, 0.1) is 16.2 Å². The van der Waals surface area contributed by atoms with Crippen LogP contribution in [0.4, 0.5) is 0 Å². The van der Waals surface area contributed by atoms with Crippen molar-refractivity contribution in [1.29, 1.82) is 0 Å². The fourth-order valence-electron chi connectivity index (χ4n) is 1.10. The van der Waals surface area contributed by atoms with Gasteiger partial charge >= 0.3 is 0 Å². The average molecular weight is 308 g/mol. The third-order valence-electron chi connectivity index (χ3n) is 2.05. The van der Waals surface area contributed by atoms with Crippen LogP contribution in [-0.4, -0.2) is 22.8 Å². The van der Waals surface area contributed by atoms with E-state index >= 15 is 0 Å². The van der Waals surface area contributed by atoms with E-state index in [1.807, 2.05) is 36.4 Å². The number of nitrogens with zero attached hydrogens (tertiary/aromatic N) is 2. The van der Waals surface area contributed by atoms with E-state index in [-0.39, 0.29) is 11.7 Å². The summed E-state index contributed by atoms with van der Waals surface area (Å²) in [6.07, 6.45) is 1.61. The molecule has 1 atom stereocenters. The molecule has 1 aromatic rings. The maximum atomic E-state index is 11.7. The molecule has 0 aromatic carbocycles. The number of ether oxygens (including phenoxy) is 1. The maximum absolute atomic E-state index is 11.7. The lowest BCUT2D eigenvalue weighted by Crippen LogP contribution is -2.30. The summed E-state index contributed by atoms with van der Waals surface area (Å²) < 4.78 is 7.38. The Hall–Kier alpha value is -0.430. The molecular formula is C9H13IN2O2. The Balaban J connectivity index is 3.07. The zero-order chi connectivity index (χ0) is 10.7. The highest BCUT2D eigenvalue weighted by molar-refractivity contribution is 14.1. The second-order valence-electron chi connectivity index (χ2n) is 3.12. The van der Waals surface area contributed by atoms with Gasteiger partial charge in [-0.1, -0.05) is 0 Å². The molecule has 0 fully saturated rings. The van der Waals surface area contributed by atoms with E-state index in [4.69, 9.17) is 4.74 Å². The molecule has 5 heteroatoms. The van der Waals surface area contributed by atoms with E-state index in [1.54, 1.807) is 17.9 Å². The first kappa shape index (κ1) is 11.6. The summed E-state index contributed by atoms with van der Waals surface area (Å²) in [5.41, 5.74) is 0.00185. The third kappa shape index (κ3) is 2.54. The lowest BCUT2D eigenvalue weighted by atomic mass is 10.4. The van der Waals surface area contributed by atoms with Crippen molar-refractivity contribution in [3.05, 3.63) is 25.9 Å². The maximum Gasteiger partial charge on any atom is 0.267 e. The van der Waals surface area contributed by atoms with Gasteiger partial charge in [-0.15, -0.1) is 0 Å². The number of hydrogen-bond donors (Lipinski definition) is 0. The average Bonchev–Trinajstić information content (AvgIpc) is 2.18. The molecule has 14 heavy (non-hydrogen) atoms. The molecule has 0 aliphatic heterocycles. The van der Waals surface area contributed by atoms with Crippen molar-refractivity contribution in [2.45, 2.75) is 26.5 Å². The Labute approximate surface area is 96.4 Å². The van der Waals surface area contributed by atoms with E-state index < -0.39 is 0 Å². The van der Waals surface area contributed by atoms with E-state index in [0.717, 1.165) is 5.82 Å². The van der Waals surface area contributed by atoms with E-state index in [0.29, 0.717) is 10.1 Å². The van der Waals surface area contributed by atoms with E-state index in [9.17, 15) is 4.79 Å². The Kier molecular flexibility index (Phi) is 4.06. The molecule has 0 spiro atoms. The van der Waals surface area contributed by atoms with Gasteiger partial charge in [-0.25, -0.2) is 4.98 Å². The number of methoxy groups -OCH3 is 1. The van der Waals surface area contributed by atoms with Crippen LogP contribution in [0.3, 0.4) is 0 Å². The predicted molar refractivity (Wildman–Crippen MR) is 62.4 cm³/mol. The molecule has 4 nitrogen and oxygen atoms in total. The van der Waals surface area contributed by atoms with Crippen LogP contribution in [0.1, 0.15) is 12.7 Å². The van der Waals surface area contributed by atoms with Crippen molar-refractivity contribution in [2.75, 3.05) is 7.11 Å². The first-order chi connectivity index (χ1) is 6.56. The van der Waals surface area contributed by atoms with Gasteiger partial charge in [0.15, 0.2) is 0 Å². The minimum absolute atomic E-state index is 0.00185. The number of halogens is 1.